The molecule has 0 spiro atoms. The molecule has 0 saturated carbocycles. The SMILES string of the molecule is CNc1nc(N)nc(NC)c1N. The molecule has 6 heteroatoms. The smallest absolute Gasteiger partial charge is 0.224 e. The van der Waals surface area contributed by atoms with E-state index >= 15 is 0 Å². The summed E-state index contributed by atoms with van der Waals surface area (Å²) < 4.78 is 0. The molecule has 0 bridgehead atoms. The molecule has 6 nitrogen and oxygen atoms in total. The Morgan fingerprint density at radius 3 is 1.75 bits per heavy atom. The van der Waals surface area contributed by atoms with Crippen molar-refractivity contribution in [3.63, 3.8) is 0 Å². The number of nitrogens with zero attached hydrogens (tertiary/aromatic N) is 2. The van der Waals surface area contributed by atoms with E-state index in [1.54, 1.807) is 14.1 Å². The van der Waals surface area contributed by atoms with Crippen LogP contribution >= 0.6 is 0 Å². The first-order chi connectivity index (χ1) is 5.69. The van der Waals surface area contributed by atoms with Gasteiger partial charge in [-0.1, -0.05) is 0 Å². The van der Waals surface area contributed by atoms with E-state index in [-0.39, 0.29) is 5.95 Å². The third kappa shape index (κ3) is 1.31. The van der Waals surface area contributed by atoms with Gasteiger partial charge in [0.25, 0.3) is 0 Å². The Labute approximate surface area is 70.4 Å². The van der Waals surface area contributed by atoms with Gasteiger partial charge < -0.3 is 22.1 Å². The molecule has 0 atom stereocenters. The van der Waals surface area contributed by atoms with Gasteiger partial charge in [0.2, 0.25) is 5.95 Å². The van der Waals surface area contributed by atoms with Crippen molar-refractivity contribution in [3.8, 4) is 0 Å². The summed E-state index contributed by atoms with van der Waals surface area (Å²) in [6, 6.07) is 0. The summed E-state index contributed by atoms with van der Waals surface area (Å²) in [4.78, 5) is 7.78. The van der Waals surface area contributed by atoms with E-state index < -0.39 is 0 Å². The normalized spacial score (nSPS) is 9.50. The highest BCUT2D eigenvalue weighted by Gasteiger charge is 2.06. The van der Waals surface area contributed by atoms with Crippen LogP contribution in [-0.2, 0) is 0 Å². The molecule has 0 saturated heterocycles. The maximum absolute atomic E-state index is 5.67. The van der Waals surface area contributed by atoms with E-state index in [1.165, 1.54) is 0 Å². The summed E-state index contributed by atoms with van der Waals surface area (Å²) in [6.07, 6.45) is 0. The number of nitrogens with one attached hydrogen (secondary N) is 2. The minimum absolute atomic E-state index is 0.193. The van der Waals surface area contributed by atoms with Crippen LogP contribution in [0.4, 0.5) is 23.3 Å². The Morgan fingerprint density at radius 1 is 1.00 bits per heavy atom. The molecular weight excluding hydrogens is 156 g/mol. The van der Waals surface area contributed by atoms with Gasteiger partial charge in [0.05, 0.1) is 0 Å². The van der Waals surface area contributed by atoms with Gasteiger partial charge in [-0.2, -0.15) is 9.97 Å². The van der Waals surface area contributed by atoms with Crippen LogP contribution in [0, 0.1) is 0 Å². The molecule has 6 N–H and O–H groups in total. The van der Waals surface area contributed by atoms with Crippen LogP contribution in [0.1, 0.15) is 0 Å². The second-order valence-corrected chi connectivity index (χ2v) is 2.19. The first-order valence-corrected chi connectivity index (χ1v) is 3.47. The van der Waals surface area contributed by atoms with E-state index in [4.69, 9.17) is 11.5 Å². The lowest BCUT2D eigenvalue weighted by molar-refractivity contribution is 1.17. The third-order valence-electron chi connectivity index (χ3n) is 1.44. The molecule has 1 heterocycles. The minimum atomic E-state index is 0.193. The van der Waals surface area contributed by atoms with Crippen LogP contribution in [0.15, 0.2) is 0 Å². The average molecular weight is 168 g/mol. The summed E-state index contributed by atoms with van der Waals surface area (Å²) >= 11 is 0. The number of aromatic nitrogens is 2. The zero-order valence-electron chi connectivity index (χ0n) is 7.05. The molecule has 1 aromatic rings. The molecule has 1 rings (SSSR count). The van der Waals surface area contributed by atoms with Gasteiger partial charge in [-0.25, -0.2) is 0 Å². The minimum Gasteiger partial charge on any atom is -0.393 e. The van der Waals surface area contributed by atoms with Crippen LogP contribution in [0.25, 0.3) is 0 Å². The quantitative estimate of drug-likeness (QED) is 0.484. The number of hydrogen-bond donors (Lipinski definition) is 4. The van der Waals surface area contributed by atoms with Gasteiger partial charge in [-0.05, 0) is 0 Å². The molecule has 0 aromatic carbocycles. The molecule has 0 aliphatic rings. The first-order valence-electron chi connectivity index (χ1n) is 3.47. The van der Waals surface area contributed by atoms with Gasteiger partial charge in [0, 0.05) is 14.1 Å². The molecule has 66 valence electrons. The third-order valence-corrected chi connectivity index (χ3v) is 1.44. The maximum atomic E-state index is 5.67. The fraction of sp³-hybridized carbons (Fsp3) is 0.333. The zero-order valence-corrected chi connectivity index (χ0v) is 7.05. The van der Waals surface area contributed by atoms with Gasteiger partial charge in [0.15, 0.2) is 11.6 Å². The van der Waals surface area contributed by atoms with E-state index in [0.717, 1.165) is 0 Å². The Hall–Kier alpha value is -1.72. The summed E-state index contributed by atoms with van der Waals surface area (Å²) in [5.74, 6) is 1.26. The van der Waals surface area contributed by atoms with Crippen LogP contribution in [0.3, 0.4) is 0 Å². The Kier molecular flexibility index (Phi) is 2.18. The predicted octanol–water partition coefficient (Wildman–Crippen LogP) is -0.276. The van der Waals surface area contributed by atoms with Gasteiger partial charge >= 0.3 is 0 Å². The van der Waals surface area contributed by atoms with Crippen LogP contribution in [0.2, 0.25) is 0 Å². The number of nitrogens with two attached hydrogens (primary N) is 2. The van der Waals surface area contributed by atoms with Crippen LogP contribution in [-0.4, -0.2) is 24.1 Å². The number of anilines is 4. The van der Waals surface area contributed by atoms with Crippen LogP contribution in [0.5, 0.6) is 0 Å². The van der Waals surface area contributed by atoms with Crippen molar-refractivity contribution in [2.24, 2.45) is 0 Å². The predicted molar refractivity (Wildman–Crippen MR) is 50.0 cm³/mol. The van der Waals surface area contributed by atoms with Crippen molar-refractivity contribution in [1.29, 1.82) is 0 Å². The largest absolute Gasteiger partial charge is 0.393 e. The van der Waals surface area contributed by atoms with Crippen molar-refractivity contribution < 1.29 is 0 Å². The second kappa shape index (κ2) is 3.12. The Bertz CT molecular complexity index is 258. The number of nitrogen functional groups attached to an aromatic ring is 2. The van der Waals surface area contributed by atoms with Crippen molar-refractivity contribution in [3.05, 3.63) is 0 Å². The van der Waals surface area contributed by atoms with Gasteiger partial charge in [0.1, 0.15) is 5.69 Å². The molecule has 0 aliphatic heterocycles. The van der Waals surface area contributed by atoms with Crippen molar-refractivity contribution in [2.45, 2.75) is 0 Å². The fourth-order valence-corrected chi connectivity index (χ4v) is 0.868. The number of hydrogen-bond acceptors (Lipinski definition) is 6. The molecule has 0 fully saturated rings. The lowest BCUT2D eigenvalue weighted by Crippen LogP contribution is -2.08. The van der Waals surface area contributed by atoms with Crippen molar-refractivity contribution in [2.75, 3.05) is 36.2 Å². The second-order valence-electron chi connectivity index (χ2n) is 2.19. The average Bonchev–Trinajstić information content (AvgIpc) is 2.08. The fourth-order valence-electron chi connectivity index (χ4n) is 0.868. The molecule has 1 aromatic heterocycles. The lowest BCUT2D eigenvalue weighted by atomic mass is 10.4. The molecule has 12 heavy (non-hydrogen) atoms. The van der Waals surface area contributed by atoms with Crippen molar-refractivity contribution >= 4 is 23.3 Å². The highest BCUT2D eigenvalue weighted by Crippen LogP contribution is 2.23. The highest BCUT2D eigenvalue weighted by molar-refractivity contribution is 5.75. The highest BCUT2D eigenvalue weighted by atomic mass is 15.1. The van der Waals surface area contributed by atoms with Gasteiger partial charge in [-0.15, -0.1) is 0 Å². The monoisotopic (exact) mass is 168 g/mol. The topological polar surface area (TPSA) is 102 Å². The summed E-state index contributed by atoms with van der Waals surface area (Å²) in [5, 5.41) is 5.63. The standard InChI is InChI=1S/C6H12N6/c1-9-4-3(7)5(10-2)12-6(8)11-4/h7H2,1-2H3,(H4,8,9,10,11,12). The first kappa shape index (κ1) is 8.38. The molecule has 0 unspecified atom stereocenters. The van der Waals surface area contributed by atoms with Crippen molar-refractivity contribution in [1.82, 2.24) is 9.97 Å². The Balaban J connectivity index is 3.22. The summed E-state index contributed by atoms with van der Waals surface area (Å²) in [7, 11) is 3.44. The summed E-state index contributed by atoms with van der Waals surface area (Å²) in [5.41, 5.74) is 11.6. The lowest BCUT2D eigenvalue weighted by Gasteiger charge is -2.08. The van der Waals surface area contributed by atoms with E-state index in [9.17, 15) is 0 Å². The molecule has 0 radical (unpaired) electrons. The Morgan fingerprint density at radius 2 is 1.42 bits per heavy atom. The zero-order chi connectivity index (χ0) is 9.14. The maximum Gasteiger partial charge on any atom is 0.224 e. The molecular formula is C6H12N6. The van der Waals surface area contributed by atoms with Gasteiger partial charge in [-0.3, -0.25) is 0 Å². The molecule has 0 amide bonds. The molecule has 0 aliphatic carbocycles. The number of rotatable bonds is 2. The van der Waals surface area contributed by atoms with Crippen LogP contribution < -0.4 is 22.1 Å². The van der Waals surface area contributed by atoms with E-state index in [2.05, 4.69) is 20.6 Å². The van der Waals surface area contributed by atoms with E-state index in [0.29, 0.717) is 17.3 Å². The summed E-state index contributed by atoms with van der Waals surface area (Å²) in [6.45, 7) is 0. The van der Waals surface area contributed by atoms with E-state index in [1.807, 2.05) is 0 Å².